The third kappa shape index (κ3) is 4.99. The monoisotopic (exact) mass is 457 g/mol. The highest BCUT2D eigenvalue weighted by molar-refractivity contribution is 5.43. The van der Waals surface area contributed by atoms with Gasteiger partial charge >= 0.3 is 0 Å². The van der Waals surface area contributed by atoms with Crippen molar-refractivity contribution in [3.63, 3.8) is 0 Å². The Morgan fingerprint density at radius 3 is 2.21 bits per heavy atom. The van der Waals surface area contributed by atoms with E-state index in [1.165, 1.54) is 29.5 Å². The van der Waals surface area contributed by atoms with Crippen LogP contribution in [-0.2, 0) is 11.8 Å². The average Bonchev–Trinajstić information content (AvgIpc) is 2.85. The Morgan fingerprint density at radius 2 is 1.65 bits per heavy atom. The van der Waals surface area contributed by atoms with E-state index in [1.54, 1.807) is 24.8 Å². The second-order valence-electron chi connectivity index (χ2n) is 10.7. The van der Waals surface area contributed by atoms with Gasteiger partial charge in [-0.25, -0.2) is 0 Å². The number of rotatable bonds is 7. The van der Waals surface area contributed by atoms with Gasteiger partial charge in [-0.3, -0.25) is 4.98 Å². The van der Waals surface area contributed by atoms with E-state index < -0.39 is 0 Å². The molecule has 0 amide bonds. The van der Waals surface area contributed by atoms with E-state index in [9.17, 15) is 5.11 Å². The number of ether oxygens (including phenoxy) is 1. The van der Waals surface area contributed by atoms with Crippen LogP contribution in [0.25, 0.3) is 0 Å². The minimum Gasteiger partial charge on any atom is -0.508 e. The summed E-state index contributed by atoms with van der Waals surface area (Å²) in [6, 6.07) is 18.9. The Morgan fingerprint density at radius 1 is 0.971 bits per heavy atom. The smallest absolute Gasteiger partial charge is 0.137 e. The largest absolute Gasteiger partial charge is 0.508 e. The molecule has 2 atom stereocenters. The Labute approximate surface area is 205 Å². The number of phenolic OH excluding ortho intramolecular Hbond substituents is 1. The van der Waals surface area contributed by atoms with Gasteiger partial charge in [-0.05, 0) is 90.0 Å². The van der Waals surface area contributed by atoms with Gasteiger partial charge in [-0.1, -0.05) is 64.4 Å². The number of aromatic nitrogens is 1. The summed E-state index contributed by atoms with van der Waals surface area (Å²) in [6.07, 6.45) is 7.38. The van der Waals surface area contributed by atoms with Crippen molar-refractivity contribution >= 4 is 0 Å². The molecule has 2 unspecified atom stereocenters. The van der Waals surface area contributed by atoms with E-state index in [0.29, 0.717) is 23.5 Å². The van der Waals surface area contributed by atoms with Crippen molar-refractivity contribution in [3.8, 4) is 11.5 Å². The first-order chi connectivity index (χ1) is 16.3. The summed E-state index contributed by atoms with van der Waals surface area (Å²) >= 11 is 0. The normalized spacial score (nSPS) is 20.6. The minimum absolute atomic E-state index is 0.0511. The van der Waals surface area contributed by atoms with E-state index in [1.807, 2.05) is 12.3 Å². The minimum atomic E-state index is -0.0511. The van der Waals surface area contributed by atoms with Gasteiger partial charge in [0.1, 0.15) is 11.5 Å². The Bertz CT molecular complexity index is 1060. The SMILES string of the molecule is COc1ccc(C2(Cc3ccc(O)cc3)CCCC(c3c(C(C)C)cccc3C(C)C)C2)nc1. The Balaban J connectivity index is 1.80. The number of methoxy groups -OCH3 is 1. The Hall–Kier alpha value is -2.81. The lowest BCUT2D eigenvalue weighted by atomic mass is 9.62. The second-order valence-corrected chi connectivity index (χ2v) is 10.7. The van der Waals surface area contributed by atoms with Crippen LogP contribution in [0, 0.1) is 0 Å². The number of benzene rings is 2. The van der Waals surface area contributed by atoms with E-state index in [-0.39, 0.29) is 5.41 Å². The molecule has 0 aliphatic heterocycles. The van der Waals surface area contributed by atoms with Crippen molar-refractivity contribution in [1.29, 1.82) is 0 Å². The topological polar surface area (TPSA) is 42.4 Å². The summed E-state index contributed by atoms with van der Waals surface area (Å²) in [4.78, 5) is 4.93. The molecule has 1 heterocycles. The zero-order valence-electron chi connectivity index (χ0n) is 21.3. The molecule has 1 fully saturated rings. The highest BCUT2D eigenvalue weighted by atomic mass is 16.5. The van der Waals surface area contributed by atoms with Crippen molar-refractivity contribution in [3.05, 3.63) is 88.7 Å². The summed E-state index contributed by atoms with van der Waals surface area (Å²) in [5, 5.41) is 9.83. The molecular formula is C31H39NO2. The molecule has 0 radical (unpaired) electrons. The predicted octanol–water partition coefficient (Wildman–Crippen LogP) is 7.88. The fourth-order valence-electron chi connectivity index (χ4n) is 5.99. The highest BCUT2D eigenvalue weighted by Gasteiger charge is 2.41. The van der Waals surface area contributed by atoms with E-state index in [0.717, 1.165) is 30.7 Å². The van der Waals surface area contributed by atoms with Crippen molar-refractivity contribution in [2.75, 3.05) is 7.11 Å². The first-order valence-electron chi connectivity index (χ1n) is 12.7. The maximum atomic E-state index is 9.83. The number of hydrogen-bond donors (Lipinski definition) is 1. The number of aromatic hydroxyl groups is 1. The summed E-state index contributed by atoms with van der Waals surface area (Å²) < 4.78 is 5.41. The standard InChI is InChI=1S/C31H39NO2/c1-21(2)27-9-6-10-28(22(3)4)30(27)24-8-7-17-31(19-24,18-23-11-13-25(33)14-12-23)29-16-15-26(34-5)20-32-29/h6,9-16,20-22,24,33H,7-8,17-19H2,1-5H3. The van der Waals surface area contributed by atoms with Gasteiger partial charge in [-0.2, -0.15) is 0 Å². The van der Waals surface area contributed by atoms with Gasteiger partial charge in [-0.15, -0.1) is 0 Å². The number of phenols is 1. The Kier molecular flexibility index (Phi) is 7.30. The molecule has 3 aromatic rings. The van der Waals surface area contributed by atoms with Gasteiger partial charge in [0.25, 0.3) is 0 Å². The van der Waals surface area contributed by atoms with Crippen molar-refractivity contribution in [2.24, 2.45) is 0 Å². The number of nitrogens with zero attached hydrogens (tertiary/aromatic N) is 1. The summed E-state index contributed by atoms with van der Waals surface area (Å²) in [6.45, 7) is 9.28. The molecule has 3 nitrogen and oxygen atoms in total. The molecular weight excluding hydrogens is 418 g/mol. The fraction of sp³-hybridized carbons (Fsp3) is 0.452. The van der Waals surface area contributed by atoms with Crippen LogP contribution in [-0.4, -0.2) is 17.2 Å². The maximum Gasteiger partial charge on any atom is 0.137 e. The molecule has 3 heteroatoms. The zero-order valence-corrected chi connectivity index (χ0v) is 21.3. The van der Waals surface area contributed by atoms with E-state index in [2.05, 4.69) is 64.1 Å². The molecule has 1 aliphatic rings. The number of hydrogen-bond acceptors (Lipinski definition) is 3. The van der Waals surface area contributed by atoms with E-state index >= 15 is 0 Å². The highest BCUT2D eigenvalue weighted by Crippen LogP contribution is 2.50. The molecule has 4 rings (SSSR count). The van der Waals surface area contributed by atoms with Crippen LogP contribution in [0.15, 0.2) is 60.8 Å². The van der Waals surface area contributed by atoms with Crippen LogP contribution in [0.2, 0.25) is 0 Å². The van der Waals surface area contributed by atoms with Crippen LogP contribution in [0.4, 0.5) is 0 Å². The molecule has 1 saturated carbocycles. The first kappa shape index (κ1) is 24.3. The quantitative estimate of drug-likeness (QED) is 0.392. The zero-order chi connectivity index (χ0) is 24.3. The lowest BCUT2D eigenvalue weighted by Crippen LogP contribution is -2.36. The lowest BCUT2D eigenvalue weighted by Gasteiger charge is -2.42. The van der Waals surface area contributed by atoms with Gasteiger partial charge in [0.15, 0.2) is 0 Å². The first-order valence-corrected chi connectivity index (χ1v) is 12.7. The van der Waals surface area contributed by atoms with Crippen molar-refractivity contribution in [2.45, 2.75) is 83.0 Å². The lowest BCUT2D eigenvalue weighted by molar-refractivity contribution is 0.254. The molecule has 1 aromatic heterocycles. The third-order valence-corrected chi connectivity index (χ3v) is 7.67. The van der Waals surface area contributed by atoms with Gasteiger partial charge in [0.05, 0.1) is 13.3 Å². The van der Waals surface area contributed by atoms with Crippen molar-refractivity contribution in [1.82, 2.24) is 4.98 Å². The molecule has 1 aliphatic carbocycles. The molecule has 0 bridgehead atoms. The molecule has 180 valence electrons. The van der Waals surface area contributed by atoms with Crippen LogP contribution in [0.3, 0.4) is 0 Å². The maximum absolute atomic E-state index is 9.83. The fourth-order valence-corrected chi connectivity index (χ4v) is 5.99. The molecule has 34 heavy (non-hydrogen) atoms. The third-order valence-electron chi connectivity index (χ3n) is 7.67. The summed E-state index contributed by atoms with van der Waals surface area (Å²) in [7, 11) is 1.69. The average molecular weight is 458 g/mol. The summed E-state index contributed by atoms with van der Waals surface area (Å²) in [5.74, 6) is 2.62. The van der Waals surface area contributed by atoms with E-state index in [4.69, 9.17) is 9.72 Å². The number of pyridine rings is 1. The van der Waals surface area contributed by atoms with Crippen LogP contribution in [0.1, 0.15) is 99.1 Å². The second kappa shape index (κ2) is 10.2. The van der Waals surface area contributed by atoms with Crippen LogP contribution >= 0.6 is 0 Å². The van der Waals surface area contributed by atoms with Gasteiger partial charge in [0.2, 0.25) is 0 Å². The van der Waals surface area contributed by atoms with Gasteiger partial charge < -0.3 is 9.84 Å². The molecule has 0 saturated heterocycles. The van der Waals surface area contributed by atoms with Crippen molar-refractivity contribution < 1.29 is 9.84 Å². The summed E-state index contributed by atoms with van der Waals surface area (Å²) in [5.41, 5.74) is 6.93. The van der Waals surface area contributed by atoms with Crippen LogP contribution < -0.4 is 4.74 Å². The van der Waals surface area contributed by atoms with Crippen LogP contribution in [0.5, 0.6) is 11.5 Å². The van der Waals surface area contributed by atoms with Gasteiger partial charge in [0, 0.05) is 11.1 Å². The molecule has 2 aromatic carbocycles. The molecule has 1 N–H and O–H groups in total. The molecule has 0 spiro atoms. The predicted molar refractivity (Wildman–Crippen MR) is 140 cm³/mol.